The number of hydrogen-bond donors (Lipinski definition) is 3. The van der Waals surface area contributed by atoms with Crippen LogP contribution in [0.2, 0.25) is 0 Å². The van der Waals surface area contributed by atoms with Gasteiger partial charge < -0.3 is 16.4 Å². The zero-order valence-corrected chi connectivity index (χ0v) is 16.7. The van der Waals surface area contributed by atoms with Crippen molar-refractivity contribution in [3.05, 3.63) is 29.8 Å². The number of carbonyl (C=O) groups excluding carboxylic acids is 2. The fourth-order valence-electron chi connectivity index (χ4n) is 5.61. The molecule has 3 fully saturated rings. The third-order valence-corrected chi connectivity index (χ3v) is 7.04. The Morgan fingerprint density at radius 1 is 0.929 bits per heavy atom. The summed E-state index contributed by atoms with van der Waals surface area (Å²) < 4.78 is 0. The lowest BCUT2D eigenvalue weighted by atomic mass is 9.67. The Kier molecular flexibility index (Phi) is 6.00. The van der Waals surface area contributed by atoms with Crippen molar-refractivity contribution in [3.8, 4) is 0 Å². The summed E-state index contributed by atoms with van der Waals surface area (Å²) in [6, 6.07) is 7.87. The smallest absolute Gasteiger partial charge is 0.251 e. The van der Waals surface area contributed by atoms with Crippen molar-refractivity contribution in [1.29, 1.82) is 0 Å². The van der Waals surface area contributed by atoms with Crippen LogP contribution in [-0.2, 0) is 4.79 Å². The van der Waals surface area contributed by atoms with Crippen molar-refractivity contribution in [3.63, 3.8) is 0 Å². The monoisotopic (exact) mass is 383 g/mol. The van der Waals surface area contributed by atoms with Crippen LogP contribution in [-0.4, -0.2) is 23.9 Å². The normalized spacial score (nSPS) is 30.5. The zero-order chi connectivity index (χ0) is 19.5. The summed E-state index contributed by atoms with van der Waals surface area (Å²) in [4.78, 5) is 25.4. The fraction of sp³-hybridized carbons (Fsp3) is 0.652. The van der Waals surface area contributed by atoms with Crippen LogP contribution in [0.15, 0.2) is 24.3 Å². The van der Waals surface area contributed by atoms with Gasteiger partial charge in [-0.3, -0.25) is 9.59 Å². The molecule has 4 rings (SSSR count). The molecule has 0 heterocycles. The van der Waals surface area contributed by atoms with E-state index >= 15 is 0 Å². The minimum Gasteiger partial charge on any atom is -0.349 e. The molecule has 0 saturated heterocycles. The van der Waals surface area contributed by atoms with E-state index in [0.717, 1.165) is 51.4 Å². The molecule has 0 aromatic heterocycles. The first-order valence-corrected chi connectivity index (χ1v) is 11.1. The Morgan fingerprint density at radius 3 is 2.36 bits per heavy atom. The van der Waals surface area contributed by atoms with Crippen LogP contribution < -0.4 is 16.4 Å². The van der Waals surface area contributed by atoms with Crippen molar-refractivity contribution in [2.24, 2.45) is 23.5 Å². The van der Waals surface area contributed by atoms with Gasteiger partial charge in [-0.1, -0.05) is 31.7 Å². The van der Waals surface area contributed by atoms with Gasteiger partial charge in [-0.2, -0.15) is 0 Å². The van der Waals surface area contributed by atoms with E-state index in [1.54, 1.807) is 6.07 Å². The van der Waals surface area contributed by atoms with Crippen LogP contribution in [0.25, 0.3) is 0 Å². The third kappa shape index (κ3) is 4.40. The molecule has 2 amide bonds. The highest BCUT2D eigenvalue weighted by molar-refractivity contribution is 5.97. The van der Waals surface area contributed by atoms with Gasteiger partial charge in [-0.05, 0) is 68.6 Å². The first-order chi connectivity index (χ1) is 13.6. The van der Waals surface area contributed by atoms with Crippen LogP contribution in [0.1, 0.15) is 74.6 Å². The zero-order valence-electron chi connectivity index (χ0n) is 16.7. The standard InChI is InChI=1S/C23H33N3O2/c24-19-12-16-8-4-9-17(13-19)21(16)26-23(28)18-10-5-11-20(14-18)25-22(27)15-6-2-1-3-7-15/h5,10-11,14-17,19,21H,1-4,6-9,12-13,24H2,(H,25,27)(H,26,28). The minimum atomic E-state index is -0.0360. The van der Waals surface area contributed by atoms with E-state index in [1.807, 2.05) is 18.2 Å². The molecule has 1 aromatic carbocycles. The molecule has 152 valence electrons. The van der Waals surface area contributed by atoms with Crippen molar-refractivity contribution >= 4 is 17.5 Å². The average molecular weight is 384 g/mol. The highest BCUT2D eigenvalue weighted by atomic mass is 16.2. The van der Waals surface area contributed by atoms with Crippen molar-refractivity contribution < 1.29 is 9.59 Å². The van der Waals surface area contributed by atoms with Crippen molar-refractivity contribution in [1.82, 2.24) is 5.32 Å². The second-order valence-electron chi connectivity index (χ2n) is 9.09. The largest absolute Gasteiger partial charge is 0.349 e. The minimum absolute atomic E-state index is 0.0360. The number of rotatable bonds is 4. The predicted octanol–water partition coefficient (Wildman–Crippen LogP) is 3.84. The van der Waals surface area contributed by atoms with Gasteiger partial charge in [0.05, 0.1) is 0 Å². The van der Waals surface area contributed by atoms with Gasteiger partial charge in [0.2, 0.25) is 5.91 Å². The van der Waals surface area contributed by atoms with E-state index in [1.165, 1.54) is 12.8 Å². The summed E-state index contributed by atoms with van der Waals surface area (Å²) in [5.41, 5.74) is 7.54. The molecular weight excluding hydrogens is 350 g/mol. The Bertz CT molecular complexity index is 700. The first-order valence-electron chi connectivity index (χ1n) is 11.1. The molecule has 5 heteroatoms. The number of hydrogen-bond acceptors (Lipinski definition) is 3. The molecule has 3 saturated carbocycles. The maximum absolute atomic E-state index is 12.9. The molecule has 1 aromatic rings. The molecule has 5 nitrogen and oxygen atoms in total. The predicted molar refractivity (Wildman–Crippen MR) is 111 cm³/mol. The van der Waals surface area contributed by atoms with Gasteiger partial charge in [0, 0.05) is 29.3 Å². The lowest BCUT2D eigenvalue weighted by molar-refractivity contribution is -0.120. The summed E-state index contributed by atoms with van der Waals surface area (Å²) in [5, 5.41) is 6.32. The molecule has 2 atom stereocenters. The molecule has 0 aliphatic heterocycles. The van der Waals surface area contributed by atoms with E-state index in [-0.39, 0.29) is 29.8 Å². The number of fused-ring (bicyclic) bond motifs is 2. The summed E-state index contributed by atoms with van der Waals surface area (Å²) in [6.07, 6.45) is 11.0. The number of nitrogens with one attached hydrogen (secondary N) is 2. The van der Waals surface area contributed by atoms with Gasteiger partial charge >= 0.3 is 0 Å². The Balaban J connectivity index is 1.39. The van der Waals surface area contributed by atoms with Gasteiger partial charge in [-0.15, -0.1) is 0 Å². The van der Waals surface area contributed by atoms with Crippen LogP contribution in [0.5, 0.6) is 0 Å². The number of amides is 2. The molecule has 0 spiro atoms. The summed E-state index contributed by atoms with van der Waals surface area (Å²) >= 11 is 0. The third-order valence-electron chi connectivity index (χ3n) is 7.04. The number of benzene rings is 1. The maximum atomic E-state index is 12.9. The number of nitrogens with two attached hydrogens (primary N) is 1. The van der Waals surface area contributed by atoms with Crippen LogP contribution >= 0.6 is 0 Å². The molecule has 2 unspecified atom stereocenters. The summed E-state index contributed by atoms with van der Waals surface area (Å²) in [6.45, 7) is 0. The Morgan fingerprint density at radius 2 is 1.64 bits per heavy atom. The molecule has 28 heavy (non-hydrogen) atoms. The molecule has 4 N–H and O–H groups in total. The maximum Gasteiger partial charge on any atom is 0.251 e. The SMILES string of the molecule is NC1CC2CCCC(C1)C2NC(=O)c1cccc(NC(=O)C2CCCCC2)c1. The molecule has 2 bridgehead atoms. The van der Waals surface area contributed by atoms with Gasteiger partial charge in [-0.25, -0.2) is 0 Å². The Hall–Kier alpha value is -1.88. The van der Waals surface area contributed by atoms with E-state index < -0.39 is 0 Å². The topological polar surface area (TPSA) is 84.2 Å². The molecule has 3 aliphatic carbocycles. The highest BCUT2D eigenvalue weighted by Gasteiger charge is 2.40. The van der Waals surface area contributed by atoms with Gasteiger partial charge in [0.15, 0.2) is 0 Å². The van der Waals surface area contributed by atoms with Crippen molar-refractivity contribution in [2.45, 2.75) is 76.3 Å². The van der Waals surface area contributed by atoms with Crippen LogP contribution in [0.3, 0.4) is 0 Å². The lowest BCUT2D eigenvalue weighted by Gasteiger charge is -2.45. The van der Waals surface area contributed by atoms with Gasteiger partial charge in [0.1, 0.15) is 0 Å². The van der Waals surface area contributed by atoms with E-state index in [4.69, 9.17) is 5.73 Å². The van der Waals surface area contributed by atoms with Gasteiger partial charge in [0.25, 0.3) is 5.91 Å². The summed E-state index contributed by atoms with van der Waals surface area (Å²) in [5.74, 6) is 1.16. The Labute approximate surface area is 167 Å². The van der Waals surface area contributed by atoms with Crippen LogP contribution in [0, 0.1) is 17.8 Å². The number of carbonyl (C=O) groups is 2. The number of anilines is 1. The van der Waals surface area contributed by atoms with Crippen molar-refractivity contribution in [2.75, 3.05) is 5.32 Å². The van der Waals surface area contributed by atoms with E-state index in [9.17, 15) is 9.59 Å². The van der Waals surface area contributed by atoms with Crippen LogP contribution in [0.4, 0.5) is 5.69 Å². The van der Waals surface area contributed by atoms with E-state index in [2.05, 4.69) is 10.6 Å². The molecule has 3 aliphatic rings. The molecule has 0 radical (unpaired) electrons. The highest BCUT2D eigenvalue weighted by Crippen LogP contribution is 2.39. The average Bonchev–Trinajstić information content (AvgIpc) is 2.69. The second kappa shape index (κ2) is 8.64. The molecular formula is C23H33N3O2. The summed E-state index contributed by atoms with van der Waals surface area (Å²) in [7, 11) is 0. The lowest BCUT2D eigenvalue weighted by Crippen LogP contribution is -2.53. The first kappa shape index (κ1) is 19.4. The fourth-order valence-corrected chi connectivity index (χ4v) is 5.61. The van der Waals surface area contributed by atoms with E-state index in [0.29, 0.717) is 23.1 Å². The quantitative estimate of drug-likeness (QED) is 0.738. The second-order valence-corrected chi connectivity index (χ2v) is 9.09.